The Kier molecular flexibility index (Phi) is 7.17. The zero-order valence-electron chi connectivity index (χ0n) is 16.5. The van der Waals surface area contributed by atoms with Gasteiger partial charge in [-0.1, -0.05) is 48.5 Å². The summed E-state index contributed by atoms with van der Waals surface area (Å²) < 4.78 is 30.8. The Morgan fingerprint density at radius 2 is 1.58 bits per heavy atom. The van der Waals surface area contributed by atoms with E-state index in [2.05, 4.69) is 5.32 Å². The highest BCUT2D eigenvalue weighted by molar-refractivity contribution is 5.80. The van der Waals surface area contributed by atoms with Gasteiger partial charge in [0.2, 0.25) is 5.91 Å². The average Bonchev–Trinajstić information content (AvgIpc) is 3.05. The number of rotatable bonds is 9. The minimum Gasteiger partial charge on any atom is -0.481 e. The molecule has 0 saturated carbocycles. The van der Waals surface area contributed by atoms with Crippen LogP contribution in [0.4, 0.5) is 13.6 Å². The standard InChI is InChI=1S/C22H22F2N2O5/c23-21(24)18(11-20(28)29)26-19(27)9-10-25-22(30)31-12-17-15-7-3-1-5-13(15)14-6-2-4-8-16(14)17/h1-8,17-18,21H,9-12H2,(H,25,30)(H,26,27)(H,28,29). The van der Waals surface area contributed by atoms with Crippen LogP contribution >= 0.6 is 0 Å². The monoisotopic (exact) mass is 432 g/mol. The predicted molar refractivity (Wildman–Crippen MR) is 108 cm³/mol. The number of ether oxygens (including phenoxy) is 1. The molecule has 164 valence electrons. The second-order valence-electron chi connectivity index (χ2n) is 7.11. The van der Waals surface area contributed by atoms with Gasteiger partial charge in [-0.25, -0.2) is 13.6 Å². The number of alkyl carbamates (subject to hydrolysis) is 1. The van der Waals surface area contributed by atoms with E-state index in [1.807, 2.05) is 53.8 Å². The van der Waals surface area contributed by atoms with Crippen molar-refractivity contribution >= 4 is 18.0 Å². The molecule has 2 aromatic rings. The molecule has 0 spiro atoms. The Balaban J connectivity index is 1.47. The van der Waals surface area contributed by atoms with Gasteiger partial charge >= 0.3 is 12.1 Å². The maximum absolute atomic E-state index is 12.8. The zero-order chi connectivity index (χ0) is 22.4. The summed E-state index contributed by atoms with van der Waals surface area (Å²) in [6.45, 7) is -0.0241. The first-order valence-corrected chi connectivity index (χ1v) is 9.75. The number of aliphatic carboxylic acids is 1. The maximum Gasteiger partial charge on any atom is 0.407 e. The lowest BCUT2D eigenvalue weighted by Crippen LogP contribution is -2.42. The van der Waals surface area contributed by atoms with Crippen molar-refractivity contribution in [3.8, 4) is 11.1 Å². The Labute approximate surface area is 177 Å². The van der Waals surface area contributed by atoms with Gasteiger partial charge < -0.3 is 20.5 Å². The number of carboxylic acid groups (broad SMARTS) is 1. The van der Waals surface area contributed by atoms with E-state index in [9.17, 15) is 23.2 Å². The summed E-state index contributed by atoms with van der Waals surface area (Å²) in [4.78, 5) is 34.3. The number of carboxylic acids is 1. The highest BCUT2D eigenvalue weighted by Gasteiger charge is 2.29. The Morgan fingerprint density at radius 3 is 2.13 bits per heavy atom. The van der Waals surface area contributed by atoms with Crippen molar-refractivity contribution in [1.29, 1.82) is 0 Å². The van der Waals surface area contributed by atoms with Crippen LogP contribution in [0, 0.1) is 0 Å². The van der Waals surface area contributed by atoms with E-state index in [1.165, 1.54) is 0 Å². The fraction of sp³-hybridized carbons (Fsp3) is 0.318. The molecule has 0 aromatic heterocycles. The van der Waals surface area contributed by atoms with Crippen molar-refractivity contribution in [3.63, 3.8) is 0 Å². The van der Waals surface area contributed by atoms with E-state index in [-0.39, 0.29) is 25.5 Å². The van der Waals surface area contributed by atoms with E-state index in [4.69, 9.17) is 9.84 Å². The third-order valence-electron chi connectivity index (χ3n) is 5.01. The number of hydrogen-bond donors (Lipinski definition) is 3. The molecule has 7 nitrogen and oxygen atoms in total. The second-order valence-corrected chi connectivity index (χ2v) is 7.11. The van der Waals surface area contributed by atoms with E-state index in [0.29, 0.717) is 0 Å². The number of alkyl halides is 2. The molecular formula is C22H22F2N2O5. The normalized spacial score (nSPS) is 13.3. The summed E-state index contributed by atoms with van der Waals surface area (Å²) in [5.41, 5.74) is 4.32. The summed E-state index contributed by atoms with van der Waals surface area (Å²) in [5.74, 6) is -2.34. The Bertz CT molecular complexity index is 921. The van der Waals surface area contributed by atoms with Gasteiger partial charge in [-0.05, 0) is 22.3 Å². The van der Waals surface area contributed by atoms with Gasteiger partial charge in [0.15, 0.2) is 0 Å². The molecule has 2 amide bonds. The quantitative estimate of drug-likeness (QED) is 0.565. The maximum atomic E-state index is 12.8. The molecule has 3 N–H and O–H groups in total. The number of fused-ring (bicyclic) bond motifs is 3. The minimum absolute atomic E-state index is 0.107. The smallest absolute Gasteiger partial charge is 0.407 e. The number of hydrogen-bond acceptors (Lipinski definition) is 4. The summed E-state index contributed by atoms with van der Waals surface area (Å²) in [7, 11) is 0. The molecule has 0 heterocycles. The van der Waals surface area contributed by atoms with Crippen LogP contribution in [0.3, 0.4) is 0 Å². The minimum atomic E-state index is -3.00. The molecule has 2 aromatic carbocycles. The van der Waals surface area contributed by atoms with Crippen LogP contribution in [-0.4, -0.2) is 48.7 Å². The molecule has 0 fully saturated rings. The molecule has 0 saturated heterocycles. The molecule has 1 aliphatic carbocycles. The van der Waals surface area contributed by atoms with E-state index < -0.39 is 36.9 Å². The first-order valence-electron chi connectivity index (χ1n) is 9.75. The van der Waals surface area contributed by atoms with Gasteiger partial charge in [0.05, 0.1) is 6.42 Å². The largest absolute Gasteiger partial charge is 0.481 e. The molecule has 31 heavy (non-hydrogen) atoms. The summed E-state index contributed by atoms with van der Waals surface area (Å²) in [5, 5.41) is 13.0. The predicted octanol–water partition coefficient (Wildman–Crippen LogP) is 3.14. The molecule has 0 aliphatic heterocycles. The number of carbonyl (C=O) groups excluding carboxylic acids is 2. The average molecular weight is 432 g/mol. The summed E-state index contributed by atoms with van der Waals surface area (Å²) in [6, 6.07) is 14.0. The van der Waals surface area contributed by atoms with Crippen LogP contribution in [0.5, 0.6) is 0 Å². The van der Waals surface area contributed by atoms with Gasteiger partial charge in [0, 0.05) is 18.9 Å². The van der Waals surface area contributed by atoms with Crippen molar-refractivity contribution in [1.82, 2.24) is 10.6 Å². The number of nitrogens with one attached hydrogen (secondary N) is 2. The van der Waals surface area contributed by atoms with Gasteiger partial charge in [0.25, 0.3) is 6.43 Å². The molecule has 1 aliphatic rings. The molecule has 1 unspecified atom stereocenters. The van der Waals surface area contributed by atoms with Crippen molar-refractivity contribution in [3.05, 3.63) is 59.7 Å². The number of carbonyl (C=O) groups is 3. The summed E-state index contributed by atoms with van der Waals surface area (Å²) >= 11 is 0. The van der Waals surface area contributed by atoms with Crippen LogP contribution in [-0.2, 0) is 14.3 Å². The van der Waals surface area contributed by atoms with Crippen molar-refractivity contribution in [2.75, 3.05) is 13.2 Å². The van der Waals surface area contributed by atoms with Crippen molar-refractivity contribution in [2.24, 2.45) is 0 Å². The molecule has 0 radical (unpaired) electrons. The highest BCUT2D eigenvalue weighted by atomic mass is 19.3. The molecule has 1 atom stereocenters. The lowest BCUT2D eigenvalue weighted by Gasteiger charge is -2.16. The fourth-order valence-electron chi connectivity index (χ4n) is 3.60. The first kappa shape index (κ1) is 22.2. The van der Waals surface area contributed by atoms with Crippen molar-refractivity contribution < 1.29 is 33.0 Å². The number of halogens is 2. The van der Waals surface area contributed by atoms with Gasteiger partial charge in [0.1, 0.15) is 12.6 Å². The topological polar surface area (TPSA) is 105 Å². The lowest BCUT2D eigenvalue weighted by atomic mass is 9.98. The van der Waals surface area contributed by atoms with E-state index in [0.717, 1.165) is 22.3 Å². The zero-order valence-corrected chi connectivity index (χ0v) is 16.5. The van der Waals surface area contributed by atoms with Gasteiger partial charge in [-0.15, -0.1) is 0 Å². The van der Waals surface area contributed by atoms with Crippen LogP contribution in [0.15, 0.2) is 48.5 Å². The molecule has 9 heteroatoms. The Morgan fingerprint density at radius 1 is 1.00 bits per heavy atom. The van der Waals surface area contributed by atoms with Crippen molar-refractivity contribution in [2.45, 2.75) is 31.2 Å². The highest BCUT2D eigenvalue weighted by Crippen LogP contribution is 2.44. The SMILES string of the molecule is O=C(O)CC(NC(=O)CCNC(=O)OCC1c2ccccc2-c2ccccc21)C(F)F. The van der Waals surface area contributed by atoms with E-state index >= 15 is 0 Å². The van der Waals surface area contributed by atoms with E-state index in [1.54, 1.807) is 0 Å². The second kappa shape index (κ2) is 10.0. The first-order chi connectivity index (χ1) is 14.9. The number of benzene rings is 2. The van der Waals surface area contributed by atoms with Crippen LogP contribution in [0.25, 0.3) is 11.1 Å². The molecule has 3 rings (SSSR count). The van der Waals surface area contributed by atoms with Crippen LogP contribution in [0.2, 0.25) is 0 Å². The van der Waals surface area contributed by atoms with Crippen LogP contribution in [0.1, 0.15) is 29.9 Å². The third kappa shape index (κ3) is 5.56. The third-order valence-corrected chi connectivity index (χ3v) is 5.01. The lowest BCUT2D eigenvalue weighted by molar-refractivity contribution is -0.139. The van der Waals surface area contributed by atoms with Gasteiger partial charge in [-0.2, -0.15) is 0 Å². The number of amides is 2. The molecule has 0 bridgehead atoms. The summed E-state index contributed by atoms with van der Waals surface area (Å²) in [6.07, 6.45) is -4.91. The van der Waals surface area contributed by atoms with Gasteiger partial charge in [-0.3, -0.25) is 9.59 Å². The molecular weight excluding hydrogens is 410 g/mol. The van der Waals surface area contributed by atoms with Crippen LogP contribution < -0.4 is 10.6 Å². The fourth-order valence-corrected chi connectivity index (χ4v) is 3.60. The Hall–Kier alpha value is -3.49.